The number of aromatic nitrogens is 1. The maximum Gasteiger partial charge on any atom is 0.408 e. The first kappa shape index (κ1) is 25.9. The van der Waals surface area contributed by atoms with Crippen LogP contribution in [0.3, 0.4) is 0 Å². The second kappa shape index (κ2) is 11.9. The van der Waals surface area contributed by atoms with Crippen molar-refractivity contribution in [1.82, 2.24) is 10.3 Å². The molecule has 0 spiro atoms. The highest BCUT2D eigenvalue weighted by Crippen LogP contribution is 2.39. The second-order valence-electron chi connectivity index (χ2n) is 6.35. The van der Waals surface area contributed by atoms with Crippen molar-refractivity contribution in [3.8, 4) is 0 Å². The van der Waals surface area contributed by atoms with Crippen molar-refractivity contribution in [2.75, 3.05) is 18.9 Å². The van der Waals surface area contributed by atoms with E-state index in [0.717, 1.165) is 25.0 Å². The van der Waals surface area contributed by atoms with Crippen molar-refractivity contribution in [3.05, 3.63) is 23.2 Å². The van der Waals surface area contributed by atoms with E-state index in [-0.39, 0.29) is 23.7 Å². The Hall–Kier alpha value is -3.16. The average molecular weight is 465 g/mol. The number of hydrogen-bond acceptors (Lipinski definition) is 6. The van der Waals surface area contributed by atoms with Gasteiger partial charge in [-0.1, -0.05) is 0 Å². The molecule has 14 heteroatoms. The number of guanidine groups is 1. The van der Waals surface area contributed by atoms with E-state index in [1.54, 1.807) is 7.05 Å². The van der Waals surface area contributed by atoms with E-state index in [4.69, 9.17) is 15.9 Å². The molecule has 1 aliphatic rings. The predicted molar refractivity (Wildman–Crippen MR) is 107 cm³/mol. The molecule has 2 unspecified atom stereocenters. The summed E-state index contributed by atoms with van der Waals surface area (Å²) in [4.78, 5) is 38.3. The summed E-state index contributed by atoms with van der Waals surface area (Å²) in [6.45, 7) is -1.33. The highest BCUT2D eigenvalue weighted by Gasteiger charge is 2.31. The molecule has 2 rings (SSSR count). The molecular formula is C17H22F3N5O5S. The number of nitrogens with two attached hydrogens (primary N) is 1. The van der Waals surface area contributed by atoms with Gasteiger partial charge < -0.3 is 26.6 Å². The highest BCUT2D eigenvalue weighted by atomic mass is 32.1. The van der Waals surface area contributed by atoms with Crippen molar-refractivity contribution in [1.29, 1.82) is 0 Å². The van der Waals surface area contributed by atoms with Gasteiger partial charge in [0.15, 0.2) is 11.1 Å². The first-order valence-corrected chi connectivity index (χ1v) is 9.73. The molecule has 0 saturated heterocycles. The van der Waals surface area contributed by atoms with Crippen molar-refractivity contribution in [2.45, 2.75) is 31.4 Å². The van der Waals surface area contributed by atoms with Gasteiger partial charge in [-0.3, -0.25) is 4.79 Å². The first-order chi connectivity index (χ1) is 14.4. The molecule has 1 amide bonds. The zero-order chi connectivity index (χ0) is 23.6. The number of rotatable bonds is 6. The van der Waals surface area contributed by atoms with Gasteiger partial charge >= 0.3 is 18.1 Å². The number of carbonyl (C=O) groups excluding carboxylic acids is 1. The zero-order valence-electron chi connectivity index (χ0n) is 16.3. The van der Waals surface area contributed by atoms with E-state index in [0.29, 0.717) is 17.3 Å². The van der Waals surface area contributed by atoms with E-state index in [1.165, 1.54) is 11.3 Å². The zero-order valence-corrected chi connectivity index (χ0v) is 17.2. The molecule has 0 bridgehead atoms. The Morgan fingerprint density at radius 3 is 2.42 bits per heavy atom. The van der Waals surface area contributed by atoms with E-state index in [9.17, 15) is 27.6 Å². The molecular weight excluding hydrogens is 443 g/mol. The molecule has 6 N–H and O–H groups in total. The molecule has 0 radical (unpaired) electrons. The molecule has 2 atom stereocenters. The van der Waals surface area contributed by atoms with E-state index in [1.807, 2.05) is 5.38 Å². The largest absolute Gasteiger partial charge is 0.478 e. The molecule has 1 saturated carbocycles. The molecule has 1 aromatic rings. The minimum Gasteiger partial charge on any atom is -0.478 e. The van der Waals surface area contributed by atoms with Crippen LogP contribution in [-0.4, -0.2) is 58.8 Å². The van der Waals surface area contributed by atoms with Crippen molar-refractivity contribution in [2.24, 2.45) is 16.6 Å². The Morgan fingerprint density at radius 2 is 1.90 bits per heavy atom. The lowest BCUT2D eigenvalue weighted by molar-refractivity contribution is -0.134. The molecule has 1 aliphatic carbocycles. The number of carbonyl (C=O) groups is 3. The minimum absolute atomic E-state index is 0.0125. The summed E-state index contributed by atoms with van der Waals surface area (Å²) in [5, 5.41) is 23.1. The summed E-state index contributed by atoms with van der Waals surface area (Å²) < 4.78 is 36.2. The van der Waals surface area contributed by atoms with Gasteiger partial charge in [0.1, 0.15) is 6.54 Å². The standard InChI is InChI=1S/C13H18F3N5OS.C4H4O4/c1-18-10(22)8-3-2-7(4-8)9-5-23-12(20-9)21-11(17)19-6-13(14,15)16;5-3(6)1-2-4(7)8/h5,7-8H,2-4,6H2,1H3,(H,18,22)(H3,17,19,20,21);1-2H,(H,5,6)(H,7,8)/b;2-1-. The monoisotopic (exact) mass is 465 g/mol. The Balaban J connectivity index is 0.000000512. The smallest absolute Gasteiger partial charge is 0.408 e. The number of alkyl halides is 3. The molecule has 1 heterocycles. The number of halogens is 3. The van der Waals surface area contributed by atoms with Gasteiger partial charge in [-0.25, -0.2) is 19.6 Å². The minimum atomic E-state index is -4.39. The van der Waals surface area contributed by atoms with Crippen LogP contribution in [0.15, 0.2) is 22.5 Å². The lowest BCUT2D eigenvalue weighted by Gasteiger charge is -2.08. The Bertz CT molecular complexity index is 824. The predicted octanol–water partition coefficient (Wildman–Crippen LogP) is 1.77. The summed E-state index contributed by atoms with van der Waals surface area (Å²) >= 11 is 1.25. The van der Waals surface area contributed by atoms with Crippen LogP contribution in [0.4, 0.5) is 18.3 Å². The van der Waals surface area contributed by atoms with Crippen LogP contribution in [0.2, 0.25) is 0 Å². The van der Waals surface area contributed by atoms with Gasteiger partial charge in [-0.05, 0) is 19.3 Å². The van der Waals surface area contributed by atoms with Crippen LogP contribution < -0.4 is 16.4 Å². The number of amides is 1. The van der Waals surface area contributed by atoms with Gasteiger partial charge in [-0.15, -0.1) is 11.3 Å². The lowest BCUT2D eigenvalue weighted by Crippen LogP contribution is -2.25. The third-order valence-corrected chi connectivity index (χ3v) is 4.80. The topological polar surface area (TPSA) is 167 Å². The van der Waals surface area contributed by atoms with Gasteiger partial charge in [0.2, 0.25) is 5.91 Å². The van der Waals surface area contributed by atoms with Crippen LogP contribution in [-0.2, 0) is 14.4 Å². The first-order valence-electron chi connectivity index (χ1n) is 8.86. The molecule has 31 heavy (non-hydrogen) atoms. The summed E-state index contributed by atoms with van der Waals surface area (Å²) in [7, 11) is 1.61. The molecule has 0 aromatic carbocycles. The van der Waals surface area contributed by atoms with Crippen LogP contribution >= 0.6 is 11.3 Å². The number of hydrogen-bond donors (Lipinski definition) is 5. The number of carboxylic acid groups (broad SMARTS) is 2. The number of anilines is 1. The lowest BCUT2D eigenvalue weighted by atomic mass is 10.0. The maximum absolute atomic E-state index is 12.1. The Kier molecular flexibility index (Phi) is 9.92. The number of aliphatic imine (C=N–C) groups is 1. The van der Waals surface area contributed by atoms with Crippen LogP contribution in [0, 0.1) is 5.92 Å². The van der Waals surface area contributed by atoms with E-state index < -0.39 is 24.7 Å². The number of nitrogens with one attached hydrogen (secondary N) is 2. The summed E-state index contributed by atoms with van der Waals surface area (Å²) in [5.41, 5.74) is 6.23. The van der Waals surface area contributed by atoms with E-state index >= 15 is 0 Å². The molecule has 0 aliphatic heterocycles. The summed E-state index contributed by atoms with van der Waals surface area (Å²) in [6, 6.07) is 0. The van der Waals surface area contributed by atoms with Crippen molar-refractivity contribution in [3.63, 3.8) is 0 Å². The SMILES string of the molecule is CNC(=O)C1CCC(c2csc(NC(N)=NCC(F)(F)F)n2)C1.O=C(O)/C=C\C(=O)O. The molecule has 1 fully saturated rings. The van der Waals surface area contributed by atoms with Crippen molar-refractivity contribution >= 4 is 40.3 Å². The summed E-state index contributed by atoms with van der Waals surface area (Å²) in [6.07, 6.45) is -0.886. The number of aliphatic carboxylic acids is 2. The maximum atomic E-state index is 12.1. The second-order valence-corrected chi connectivity index (χ2v) is 7.21. The van der Waals surface area contributed by atoms with Crippen LogP contribution in [0.1, 0.15) is 30.9 Å². The van der Waals surface area contributed by atoms with Gasteiger partial charge in [-0.2, -0.15) is 13.2 Å². The molecule has 172 valence electrons. The van der Waals surface area contributed by atoms with Gasteiger partial charge in [0.05, 0.1) is 5.69 Å². The fraction of sp³-hybridized carbons (Fsp3) is 0.471. The number of nitrogens with zero attached hydrogens (tertiary/aromatic N) is 2. The normalized spacial score (nSPS) is 18.9. The fourth-order valence-electron chi connectivity index (χ4n) is 2.69. The summed E-state index contributed by atoms with van der Waals surface area (Å²) in [5.74, 6) is -2.64. The average Bonchev–Trinajstić information content (AvgIpc) is 3.33. The molecule has 1 aromatic heterocycles. The Labute approximate surface area is 179 Å². The quantitative estimate of drug-likeness (QED) is 0.241. The highest BCUT2D eigenvalue weighted by molar-refractivity contribution is 7.13. The third-order valence-electron chi connectivity index (χ3n) is 4.02. The van der Waals surface area contributed by atoms with Crippen LogP contribution in [0.25, 0.3) is 0 Å². The number of thiazole rings is 1. The van der Waals surface area contributed by atoms with Gasteiger partial charge in [0.25, 0.3) is 0 Å². The molecule has 10 nitrogen and oxygen atoms in total. The third kappa shape index (κ3) is 10.4. The van der Waals surface area contributed by atoms with Crippen molar-refractivity contribution < 1.29 is 37.8 Å². The van der Waals surface area contributed by atoms with Gasteiger partial charge in [0, 0.05) is 36.4 Å². The number of carboxylic acids is 2. The Morgan fingerprint density at radius 1 is 1.29 bits per heavy atom. The van der Waals surface area contributed by atoms with E-state index in [2.05, 4.69) is 20.6 Å². The van der Waals surface area contributed by atoms with Crippen LogP contribution in [0.5, 0.6) is 0 Å². The fourth-order valence-corrected chi connectivity index (χ4v) is 3.49.